The lowest BCUT2D eigenvalue weighted by molar-refractivity contribution is 0.195. The molecule has 1 saturated heterocycles. The van der Waals surface area contributed by atoms with Crippen LogP contribution in [0.2, 0.25) is 0 Å². The van der Waals surface area contributed by atoms with Crippen molar-refractivity contribution in [3.8, 4) is 0 Å². The summed E-state index contributed by atoms with van der Waals surface area (Å²) >= 11 is 0. The Labute approximate surface area is 152 Å². The van der Waals surface area contributed by atoms with Gasteiger partial charge in [0.15, 0.2) is 5.96 Å². The molecule has 140 valence electrons. The van der Waals surface area contributed by atoms with Gasteiger partial charge in [0.2, 0.25) is 0 Å². The molecule has 1 aromatic rings. The zero-order valence-electron chi connectivity index (χ0n) is 15.9. The molecule has 2 N–H and O–H groups in total. The maximum absolute atomic E-state index is 5.07. The smallest absolute Gasteiger partial charge is 0.191 e. The fourth-order valence-electron chi connectivity index (χ4n) is 3.22. The first-order valence-electron chi connectivity index (χ1n) is 9.55. The molecule has 0 bridgehead atoms. The fourth-order valence-corrected chi connectivity index (χ4v) is 3.22. The van der Waals surface area contributed by atoms with E-state index in [1.54, 1.807) is 14.2 Å². The summed E-state index contributed by atoms with van der Waals surface area (Å²) in [6.07, 6.45) is 6.43. The lowest BCUT2D eigenvalue weighted by Gasteiger charge is -2.20. The Balaban J connectivity index is 1.79. The van der Waals surface area contributed by atoms with Gasteiger partial charge in [0, 0.05) is 40.4 Å². The molecule has 1 heterocycles. The van der Waals surface area contributed by atoms with Gasteiger partial charge in [0.05, 0.1) is 0 Å². The SMILES string of the molecule is CN=C(NCCCOC)NCc1cccc(CN2CCCCCC2)c1. The van der Waals surface area contributed by atoms with Gasteiger partial charge in [-0.2, -0.15) is 0 Å². The number of aliphatic imine (C=N–C) groups is 1. The van der Waals surface area contributed by atoms with Gasteiger partial charge in [-0.3, -0.25) is 9.89 Å². The predicted octanol–water partition coefficient (Wildman–Crippen LogP) is 2.76. The van der Waals surface area contributed by atoms with Gasteiger partial charge in [-0.1, -0.05) is 37.1 Å². The van der Waals surface area contributed by atoms with Gasteiger partial charge < -0.3 is 15.4 Å². The maximum Gasteiger partial charge on any atom is 0.191 e. The van der Waals surface area contributed by atoms with Crippen molar-refractivity contribution in [2.24, 2.45) is 4.99 Å². The lowest BCUT2D eigenvalue weighted by Crippen LogP contribution is -2.37. The summed E-state index contributed by atoms with van der Waals surface area (Å²) in [5.74, 6) is 0.842. The highest BCUT2D eigenvalue weighted by molar-refractivity contribution is 5.79. The first-order chi connectivity index (χ1) is 12.3. The van der Waals surface area contributed by atoms with Crippen molar-refractivity contribution < 1.29 is 4.74 Å². The van der Waals surface area contributed by atoms with Crippen molar-refractivity contribution in [3.05, 3.63) is 35.4 Å². The molecule has 0 radical (unpaired) electrons. The van der Waals surface area contributed by atoms with Crippen LogP contribution in [0, 0.1) is 0 Å². The second kappa shape index (κ2) is 11.9. The third kappa shape index (κ3) is 7.88. The highest BCUT2D eigenvalue weighted by Gasteiger charge is 2.09. The molecule has 1 aliphatic rings. The Morgan fingerprint density at radius 3 is 2.60 bits per heavy atom. The Kier molecular flexibility index (Phi) is 9.37. The van der Waals surface area contributed by atoms with Crippen LogP contribution >= 0.6 is 0 Å². The highest BCUT2D eigenvalue weighted by atomic mass is 16.5. The number of hydrogen-bond donors (Lipinski definition) is 2. The van der Waals surface area contributed by atoms with Crippen LogP contribution in [-0.4, -0.2) is 51.3 Å². The third-order valence-corrected chi connectivity index (χ3v) is 4.60. The molecule has 1 fully saturated rings. The maximum atomic E-state index is 5.07. The Hall–Kier alpha value is -1.59. The van der Waals surface area contributed by atoms with Crippen LogP contribution in [0.3, 0.4) is 0 Å². The molecule has 2 rings (SSSR count). The van der Waals surface area contributed by atoms with Crippen LogP contribution < -0.4 is 10.6 Å². The van der Waals surface area contributed by atoms with Crippen LogP contribution in [0.4, 0.5) is 0 Å². The molecule has 5 heteroatoms. The van der Waals surface area contributed by atoms with E-state index in [-0.39, 0.29) is 0 Å². The molecule has 0 atom stereocenters. The number of nitrogens with zero attached hydrogens (tertiary/aromatic N) is 2. The van der Waals surface area contributed by atoms with Crippen LogP contribution in [0.15, 0.2) is 29.3 Å². The standard InChI is InChI=1S/C20H34N4O/c1-21-20(22-11-8-14-25-2)23-16-18-9-7-10-19(15-18)17-24-12-5-3-4-6-13-24/h7,9-10,15H,3-6,8,11-14,16-17H2,1-2H3,(H2,21,22,23). The van der Waals surface area contributed by atoms with E-state index in [2.05, 4.69) is 44.8 Å². The predicted molar refractivity (Wildman–Crippen MR) is 105 cm³/mol. The molecule has 1 aliphatic heterocycles. The van der Waals surface area contributed by atoms with Crippen molar-refractivity contribution in [2.75, 3.05) is 40.4 Å². The molecule has 0 spiro atoms. The Morgan fingerprint density at radius 1 is 1.12 bits per heavy atom. The normalized spacial score (nSPS) is 16.5. The summed E-state index contributed by atoms with van der Waals surface area (Å²) in [4.78, 5) is 6.87. The zero-order chi connectivity index (χ0) is 17.7. The monoisotopic (exact) mass is 346 g/mol. The number of likely N-dealkylation sites (tertiary alicyclic amines) is 1. The van der Waals surface area contributed by atoms with Crippen LogP contribution in [-0.2, 0) is 17.8 Å². The number of nitrogens with one attached hydrogen (secondary N) is 2. The first-order valence-corrected chi connectivity index (χ1v) is 9.55. The van der Waals surface area contributed by atoms with E-state index in [0.29, 0.717) is 0 Å². The van der Waals surface area contributed by atoms with E-state index in [1.165, 1.54) is 49.9 Å². The summed E-state index contributed by atoms with van der Waals surface area (Å²) in [5.41, 5.74) is 2.71. The minimum atomic E-state index is 0.766. The van der Waals surface area contributed by atoms with E-state index in [9.17, 15) is 0 Å². The van der Waals surface area contributed by atoms with Gasteiger partial charge in [0.25, 0.3) is 0 Å². The number of guanidine groups is 1. The topological polar surface area (TPSA) is 48.9 Å². The molecular weight excluding hydrogens is 312 g/mol. The van der Waals surface area contributed by atoms with Crippen molar-refractivity contribution in [1.82, 2.24) is 15.5 Å². The third-order valence-electron chi connectivity index (χ3n) is 4.60. The lowest BCUT2D eigenvalue weighted by atomic mass is 10.1. The average molecular weight is 347 g/mol. The average Bonchev–Trinajstić information content (AvgIpc) is 2.90. The van der Waals surface area contributed by atoms with Crippen LogP contribution in [0.1, 0.15) is 43.2 Å². The van der Waals surface area contributed by atoms with Crippen molar-refractivity contribution in [3.63, 3.8) is 0 Å². The van der Waals surface area contributed by atoms with Crippen LogP contribution in [0.25, 0.3) is 0 Å². The van der Waals surface area contributed by atoms with E-state index in [1.807, 2.05) is 0 Å². The number of methoxy groups -OCH3 is 1. The molecule has 0 unspecified atom stereocenters. The molecule has 0 aromatic heterocycles. The molecule has 0 amide bonds. The number of rotatable bonds is 8. The molecule has 0 saturated carbocycles. The molecular formula is C20H34N4O. The summed E-state index contributed by atoms with van der Waals surface area (Å²) in [7, 11) is 3.53. The minimum Gasteiger partial charge on any atom is -0.385 e. The fraction of sp³-hybridized carbons (Fsp3) is 0.650. The number of ether oxygens (including phenoxy) is 1. The van der Waals surface area contributed by atoms with Gasteiger partial charge in [-0.05, 0) is 43.5 Å². The Bertz CT molecular complexity index is 510. The Morgan fingerprint density at radius 2 is 1.88 bits per heavy atom. The summed E-state index contributed by atoms with van der Waals surface area (Å²) < 4.78 is 5.07. The summed E-state index contributed by atoms with van der Waals surface area (Å²) in [6.45, 7) is 5.96. The molecule has 1 aromatic carbocycles. The van der Waals surface area contributed by atoms with Crippen LogP contribution in [0.5, 0.6) is 0 Å². The largest absolute Gasteiger partial charge is 0.385 e. The van der Waals surface area contributed by atoms with E-state index in [4.69, 9.17) is 4.74 Å². The van der Waals surface area contributed by atoms with Crippen molar-refractivity contribution >= 4 is 5.96 Å². The van der Waals surface area contributed by atoms with Crippen molar-refractivity contribution in [1.29, 1.82) is 0 Å². The van der Waals surface area contributed by atoms with Gasteiger partial charge >= 0.3 is 0 Å². The highest BCUT2D eigenvalue weighted by Crippen LogP contribution is 2.14. The quantitative estimate of drug-likeness (QED) is 0.432. The van der Waals surface area contributed by atoms with E-state index in [0.717, 1.165) is 38.6 Å². The second-order valence-corrected chi connectivity index (χ2v) is 6.71. The van der Waals surface area contributed by atoms with Gasteiger partial charge in [-0.15, -0.1) is 0 Å². The number of benzene rings is 1. The van der Waals surface area contributed by atoms with E-state index >= 15 is 0 Å². The zero-order valence-corrected chi connectivity index (χ0v) is 15.9. The minimum absolute atomic E-state index is 0.766. The summed E-state index contributed by atoms with van der Waals surface area (Å²) in [6, 6.07) is 8.90. The molecule has 25 heavy (non-hydrogen) atoms. The van der Waals surface area contributed by atoms with E-state index < -0.39 is 0 Å². The molecule has 5 nitrogen and oxygen atoms in total. The summed E-state index contributed by atoms with van der Waals surface area (Å²) in [5, 5.41) is 6.70. The second-order valence-electron chi connectivity index (χ2n) is 6.71. The number of hydrogen-bond acceptors (Lipinski definition) is 3. The first kappa shape index (κ1) is 19.7. The van der Waals surface area contributed by atoms with Gasteiger partial charge in [-0.25, -0.2) is 0 Å². The van der Waals surface area contributed by atoms with Gasteiger partial charge in [0.1, 0.15) is 0 Å². The molecule has 0 aliphatic carbocycles. The van der Waals surface area contributed by atoms with Crippen molar-refractivity contribution in [2.45, 2.75) is 45.2 Å².